The number of nitrogens with zero attached hydrogens (tertiary/aromatic N) is 1. The minimum atomic E-state index is 0.699. The molecule has 2 heteroatoms. The Labute approximate surface area is 88.4 Å². The summed E-state index contributed by atoms with van der Waals surface area (Å²) in [5, 5.41) is 3.58. The molecular weight excluding hydrogens is 172 g/mol. The van der Waals surface area contributed by atoms with E-state index in [1.165, 1.54) is 25.1 Å². The smallest absolute Gasteiger partial charge is 0.0210 e. The normalized spacial score (nSPS) is 23.1. The Kier molecular flexibility index (Phi) is 4.63. The molecule has 0 saturated carbocycles. The highest BCUT2D eigenvalue weighted by molar-refractivity contribution is 4.95. The fourth-order valence-electron chi connectivity index (χ4n) is 1.85. The van der Waals surface area contributed by atoms with Crippen LogP contribution in [0, 0.1) is 0 Å². The summed E-state index contributed by atoms with van der Waals surface area (Å²) in [7, 11) is 0. The van der Waals surface area contributed by atoms with E-state index in [9.17, 15) is 0 Å². The van der Waals surface area contributed by atoms with Crippen molar-refractivity contribution in [1.29, 1.82) is 0 Å². The van der Waals surface area contributed by atoms with Crippen molar-refractivity contribution < 1.29 is 0 Å². The predicted octanol–water partition coefficient (Wildman–Crippen LogP) is 2.02. The van der Waals surface area contributed by atoms with Crippen LogP contribution in [0.4, 0.5) is 0 Å². The lowest BCUT2D eigenvalue weighted by Gasteiger charge is -2.20. The zero-order valence-corrected chi connectivity index (χ0v) is 10.0. The summed E-state index contributed by atoms with van der Waals surface area (Å²) in [5.74, 6) is 0. The van der Waals surface area contributed by atoms with Crippen molar-refractivity contribution in [2.45, 2.75) is 46.2 Å². The second kappa shape index (κ2) is 5.52. The lowest BCUT2D eigenvalue weighted by Crippen LogP contribution is -2.35. The van der Waals surface area contributed by atoms with Gasteiger partial charge in [0.15, 0.2) is 0 Å². The highest BCUT2D eigenvalue weighted by Gasteiger charge is 2.22. The van der Waals surface area contributed by atoms with Crippen LogP contribution < -0.4 is 5.32 Å². The number of likely N-dealkylation sites (tertiary alicyclic amines) is 1. The molecule has 1 atom stereocenters. The molecule has 0 bridgehead atoms. The molecule has 0 amide bonds. The van der Waals surface area contributed by atoms with Crippen LogP contribution in [0.25, 0.3) is 0 Å². The van der Waals surface area contributed by atoms with Crippen molar-refractivity contribution in [3.8, 4) is 0 Å². The highest BCUT2D eigenvalue weighted by atomic mass is 15.2. The van der Waals surface area contributed by atoms with Crippen LogP contribution in [0.15, 0.2) is 11.6 Å². The van der Waals surface area contributed by atoms with E-state index in [1.807, 2.05) is 0 Å². The molecule has 0 aromatic rings. The molecule has 1 saturated heterocycles. The lowest BCUT2D eigenvalue weighted by molar-refractivity contribution is 0.269. The molecule has 1 heterocycles. The Bertz CT molecular complexity index is 192. The monoisotopic (exact) mass is 196 g/mol. The van der Waals surface area contributed by atoms with Gasteiger partial charge < -0.3 is 5.32 Å². The van der Waals surface area contributed by atoms with Gasteiger partial charge >= 0.3 is 0 Å². The SMILES string of the molecule is CC(C)=CCNC1CCN(C(C)C)C1. The molecule has 1 aliphatic rings. The third kappa shape index (κ3) is 3.81. The molecule has 1 N–H and O–H groups in total. The fourth-order valence-corrected chi connectivity index (χ4v) is 1.85. The first-order chi connectivity index (χ1) is 6.59. The van der Waals surface area contributed by atoms with Crippen molar-refractivity contribution in [3.05, 3.63) is 11.6 Å². The zero-order chi connectivity index (χ0) is 10.6. The maximum Gasteiger partial charge on any atom is 0.0210 e. The summed E-state index contributed by atoms with van der Waals surface area (Å²) in [6.45, 7) is 12.3. The van der Waals surface area contributed by atoms with Crippen molar-refractivity contribution in [1.82, 2.24) is 10.2 Å². The average Bonchev–Trinajstić information content (AvgIpc) is 2.52. The second-order valence-corrected chi connectivity index (χ2v) is 4.76. The van der Waals surface area contributed by atoms with Gasteiger partial charge in [-0.2, -0.15) is 0 Å². The standard InChI is InChI=1S/C12H24N2/c1-10(2)5-7-13-12-6-8-14(9-12)11(3)4/h5,11-13H,6-9H2,1-4H3. The quantitative estimate of drug-likeness (QED) is 0.692. The molecule has 1 aliphatic heterocycles. The molecule has 1 rings (SSSR count). The van der Waals surface area contributed by atoms with Gasteiger partial charge in [0.25, 0.3) is 0 Å². The molecule has 0 aliphatic carbocycles. The van der Waals surface area contributed by atoms with Crippen molar-refractivity contribution in [2.24, 2.45) is 0 Å². The maximum atomic E-state index is 3.58. The molecule has 2 nitrogen and oxygen atoms in total. The molecule has 0 aromatic heterocycles. The van der Waals surface area contributed by atoms with Crippen molar-refractivity contribution in [3.63, 3.8) is 0 Å². The molecule has 1 unspecified atom stereocenters. The number of hydrogen-bond acceptors (Lipinski definition) is 2. The first-order valence-electron chi connectivity index (χ1n) is 5.70. The molecule has 0 aromatic carbocycles. The van der Waals surface area contributed by atoms with Crippen molar-refractivity contribution >= 4 is 0 Å². The van der Waals surface area contributed by atoms with Crippen LogP contribution in [0.2, 0.25) is 0 Å². The molecule has 0 radical (unpaired) electrons. The molecule has 82 valence electrons. The number of hydrogen-bond donors (Lipinski definition) is 1. The first kappa shape index (κ1) is 11.7. The second-order valence-electron chi connectivity index (χ2n) is 4.76. The molecule has 1 fully saturated rings. The molecule has 14 heavy (non-hydrogen) atoms. The first-order valence-corrected chi connectivity index (χ1v) is 5.70. The summed E-state index contributed by atoms with van der Waals surface area (Å²) in [5.41, 5.74) is 1.40. The fraction of sp³-hybridized carbons (Fsp3) is 0.833. The van der Waals surface area contributed by atoms with Gasteiger partial charge in [-0.15, -0.1) is 0 Å². The van der Waals surface area contributed by atoms with E-state index in [0.29, 0.717) is 12.1 Å². The Balaban J connectivity index is 2.19. The van der Waals surface area contributed by atoms with Crippen LogP contribution in [-0.2, 0) is 0 Å². The topological polar surface area (TPSA) is 15.3 Å². The third-order valence-electron chi connectivity index (χ3n) is 2.87. The Hall–Kier alpha value is -0.340. The van der Waals surface area contributed by atoms with Crippen molar-refractivity contribution in [2.75, 3.05) is 19.6 Å². The van der Waals surface area contributed by atoms with Crippen LogP contribution in [0.3, 0.4) is 0 Å². The van der Waals surface area contributed by atoms with E-state index < -0.39 is 0 Å². The third-order valence-corrected chi connectivity index (χ3v) is 2.87. The number of allylic oxidation sites excluding steroid dienone is 1. The minimum Gasteiger partial charge on any atom is -0.309 e. The van der Waals surface area contributed by atoms with Gasteiger partial charge in [0.05, 0.1) is 0 Å². The predicted molar refractivity (Wildman–Crippen MR) is 62.5 cm³/mol. The Morgan fingerprint density at radius 2 is 2.21 bits per heavy atom. The van der Waals surface area contributed by atoms with Gasteiger partial charge in [-0.1, -0.05) is 11.6 Å². The van der Waals surface area contributed by atoms with Gasteiger partial charge in [0, 0.05) is 25.2 Å². The van der Waals surface area contributed by atoms with E-state index in [4.69, 9.17) is 0 Å². The lowest BCUT2D eigenvalue weighted by atomic mass is 10.2. The molecule has 0 spiro atoms. The average molecular weight is 196 g/mol. The number of nitrogens with one attached hydrogen (secondary N) is 1. The van der Waals surface area contributed by atoms with Crippen LogP contribution in [0.1, 0.15) is 34.1 Å². The van der Waals surface area contributed by atoms with Gasteiger partial charge in [0.1, 0.15) is 0 Å². The van der Waals surface area contributed by atoms with Crippen LogP contribution in [-0.4, -0.2) is 36.6 Å². The van der Waals surface area contributed by atoms with Gasteiger partial charge in [0.2, 0.25) is 0 Å². The van der Waals surface area contributed by atoms with Gasteiger partial charge in [-0.3, -0.25) is 4.90 Å². The summed E-state index contributed by atoms with van der Waals surface area (Å²) >= 11 is 0. The minimum absolute atomic E-state index is 0.699. The summed E-state index contributed by atoms with van der Waals surface area (Å²) in [6, 6.07) is 1.40. The number of rotatable bonds is 4. The van der Waals surface area contributed by atoms with E-state index in [-0.39, 0.29) is 0 Å². The summed E-state index contributed by atoms with van der Waals surface area (Å²) in [6.07, 6.45) is 3.56. The Morgan fingerprint density at radius 1 is 1.50 bits per heavy atom. The zero-order valence-electron chi connectivity index (χ0n) is 10.0. The van der Waals surface area contributed by atoms with E-state index >= 15 is 0 Å². The Morgan fingerprint density at radius 3 is 2.71 bits per heavy atom. The largest absolute Gasteiger partial charge is 0.309 e. The van der Waals surface area contributed by atoms with E-state index in [1.54, 1.807) is 0 Å². The molecular formula is C12H24N2. The van der Waals surface area contributed by atoms with E-state index in [2.05, 4.69) is 44.0 Å². The highest BCUT2D eigenvalue weighted by Crippen LogP contribution is 2.11. The summed E-state index contributed by atoms with van der Waals surface area (Å²) < 4.78 is 0. The summed E-state index contributed by atoms with van der Waals surface area (Å²) in [4.78, 5) is 2.54. The van der Waals surface area contributed by atoms with Gasteiger partial charge in [-0.25, -0.2) is 0 Å². The van der Waals surface area contributed by atoms with Crippen LogP contribution >= 0.6 is 0 Å². The van der Waals surface area contributed by atoms with E-state index in [0.717, 1.165) is 6.54 Å². The van der Waals surface area contributed by atoms with Gasteiger partial charge in [-0.05, 0) is 40.7 Å². The maximum absolute atomic E-state index is 3.58. The van der Waals surface area contributed by atoms with Crippen LogP contribution in [0.5, 0.6) is 0 Å².